The van der Waals surface area contributed by atoms with Gasteiger partial charge in [0, 0.05) is 28.4 Å². The largest absolute Gasteiger partial charge is 0.340 e. The molecule has 90 valence electrons. The number of nitrogens with zero attached hydrogens (tertiary/aromatic N) is 1. The molecule has 1 atom stereocenters. The summed E-state index contributed by atoms with van der Waals surface area (Å²) in [6.45, 7) is 2.17. The molecule has 1 N–H and O–H groups in total. The fraction of sp³-hybridized carbons (Fsp3) is 0.133. The highest BCUT2D eigenvalue weighted by atomic mass is 35.5. The van der Waals surface area contributed by atoms with E-state index in [9.17, 15) is 0 Å². The second-order valence-electron chi connectivity index (χ2n) is 4.45. The van der Waals surface area contributed by atoms with Crippen LogP contribution in [0.4, 0.5) is 5.82 Å². The Morgan fingerprint density at radius 2 is 2.11 bits per heavy atom. The van der Waals surface area contributed by atoms with Gasteiger partial charge in [0.2, 0.25) is 0 Å². The van der Waals surface area contributed by atoms with Crippen molar-refractivity contribution in [2.24, 2.45) is 0 Å². The maximum absolute atomic E-state index is 6.03. The van der Waals surface area contributed by atoms with Crippen LogP contribution in [0, 0.1) is 0 Å². The standard InChI is InChI=1S/C15H13ClN2/c1-10-8-14(11-4-2-5-12(16)9-11)18-15-13(10)6-3-7-17-15/h2-10H,1H3,(H,17,18). The summed E-state index contributed by atoms with van der Waals surface area (Å²) in [5, 5.41) is 4.11. The minimum Gasteiger partial charge on any atom is -0.340 e. The molecule has 2 nitrogen and oxygen atoms in total. The van der Waals surface area contributed by atoms with Crippen molar-refractivity contribution in [1.29, 1.82) is 0 Å². The van der Waals surface area contributed by atoms with Gasteiger partial charge in [0.1, 0.15) is 5.82 Å². The third-order valence-corrected chi connectivity index (χ3v) is 3.37. The summed E-state index contributed by atoms with van der Waals surface area (Å²) >= 11 is 6.03. The molecular formula is C15H13ClN2. The minimum absolute atomic E-state index is 0.351. The maximum atomic E-state index is 6.03. The van der Waals surface area contributed by atoms with Crippen molar-refractivity contribution in [3.63, 3.8) is 0 Å². The third-order valence-electron chi connectivity index (χ3n) is 3.13. The first-order chi connectivity index (χ1) is 8.74. The van der Waals surface area contributed by atoms with Crippen molar-refractivity contribution in [2.75, 3.05) is 5.32 Å². The lowest BCUT2D eigenvalue weighted by molar-refractivity contribution is 0.943. The molecule has 1 aliphatic heterocycles. The second kappa shape index (κ2) is 4.46. The Kier molecular flexibility index (Phi) is 2.80. The fourth-order valence-electron chi connectivity index (χ4n) is 2.22. The van der Waals surface area contributed by atoms with Gasteiger partial charge in [-0.3, -0.25) is 0 Å². The summed E-state index contributed by atoms with van der Waals surface area (Å²) in [6, 6.07) is 11.9. The molecule has 3 heteroatoms. The van der Waals surface area contributed by atoms with E-state index in [-0.39, 0.29) is 0 Å². The summed E-state index contributed by atoms with van der Waals surface area (Å²) in [5.74, 6) is 1.28. The van der Waals surface area contributed by atoms with Crippen LogP contribution in [0.3, 0.4) is 0 Å². The van der Waals surface area contributed by atoms with Crippen LogP contribution < -0.4 is 5.32 Å². The highest BCUT2D eigenvalue weighted by Crippen LogP contribution is 2.33. The number of rotatable bonds is 1. The van der Waals surface area contributed by atoms with Crippen LogP contribution in [-0.4, -0.2) is 4.98 Å². The molecule has 3 rings (SSSR count). The van der Waals surface area contributed by atoms with Crippen molar-refractivity contribution in [3.05, 3.63) is 64.8 Å². The van der Waals surface area contributed by atoms with E-state index in [0.29, 0.717) is 5.92 Å². The molecule has 0 bridgehead atoms. The van der Waals surface area contributed by atoms with Gasteiger partial charge in [-0.15, -0.1) is 0 Å². The summed E-state index contributed by atoms with van der Waals surface area (Å²) in [6.07, 6.45) is 4.01. The molecule has 0 radical (unpaired) electrons. The molecule has 0 aliphatic carbocycles. The molecule has 2 aromatic rings. The average molecular weight is 257 g/mol. The zero-order valence-electron chi connectivity index (χ0n) is 10.0. The number of benzene rings is 1. The number of pyridine rings is 1. The molecule has 1 aromatic heterocycles. The lowest BCUT2D eigenvalue weighted by Crippen LogP contribution is -2.11. The van der Waals surface area contributed by atoms with Crippen LogP contribution in [0.5, 0.6) is 0 Å². The van der Waals surface area contributed by atoms with Crippen LogP contribution in [0.15, 0.2) is 48.7 Å². The lowest BCUT2D eigenvalue weighted by atomic mass is 9.95. The van der Waals surface area contributed by atoms with E-state index >= 15 is 0 Å². The lowest BCUT2D eigenvalue weighted by Gasteiger charge is -2.22. The summed E-state index contributed by atoms with van der Waals surface area (Å²) < 4.78 is 0. The summed E-state index contributed by atoms with van der Waals surface area (Å²) in [4.78, 5) is 4.38. The second-order valence-corrected chi connectivity index (χ2v) is 4.88. The molecule has 0 saturated heterocycles. The topological polar surface area (TPSA) is 24.9 Å². The molecular weight excluding hydrogens is 244 g/mol. The number of nitrogens with one attached hydrogen (secondary N) is 1. The highest BCUT2D eigenvalue weighted by Gasteiger charge is 2.17. The van der Waals surface area contributed by atoms with Gasteiger partial charge < -0.3 is 5.32 Å². The molecule has 0 spiro atoms. The fourth-order valence-corrected chi connectivity index (χ4v) is 2.41. The minimum atomic E-state index is 0.351. The smallest absolute Gasteiger partial charge is 0.134 e. The van der Waals surface area contributed by atoms with Gasteiger partial charge in [-0.2, -0.15) is 0 Å². The van der Waals surface area contributed by atoms with Crippen molar-refractivity contribution < 1.29 is 0 Å². The Balaban J connectivity index is 2.02. The molecule has 0 saturated carbocycles. The molecule has 0 fully saturated rings. The average Bonchev–Trinajstić information content (AvgIpc) is 2.39. The van der Waals surface area contributed by atoms with E-state index in [1.54, 1.807) is 6.20 Å². The Bertz CT molecular complexity index is 619. The molecule has 2 heterocycles. The number of anilines is 1. The third kappa shape index (κ3) is 2.00. The number of fused-ring (bicyclic) bond motifs is 1. The first kappa shape index (κ1) is 11.3. The van der Waals surface area contributed by atoms with Gasteiger partial charge >= 0.3 is 0 Å². The van der Waals surface area contributed by atoms with Crippen molar-refractivity contribution >= 4 is 23.1 Å². The zero-order valence-corrected chi connectivity index (χ0v) is 10.8. The van der Waals surface area contributed by atoms with Gasteiger partial charge in [-0.25, -0.2) is 4.98 Å². The van der Waals surface area contributed by atoms with Gasteiger partial charge in [-0.05, 0) is 23.8 Å². The van der Waals surface area contributed by atoms with Gasteiger partial charge in [-0.1, -0.05) is 42.8 Å². The van der Waals surface area contributed by atoms with Crippen LogP contribution >= 0.6 is 11.6 Å². The molecule has 1 aromatic carbocycles. The predicted molar refractivity (Wildman–Crippen MR) is 75.7 cm³/mol. The molecule has 1 unspecified atom stereocenters. The van der Waals surface area contributed by atoms with Crippen LogP contribution in [0.1, 0.15) is 24.0 Å². The number of hydrogen-bond donors (Lipinski definition) is 1. The molecule has 1 aliphatic rings. The number of allylic oxidation sites excluding steroid dienone is 1. The normalized spacial score (nSPS) is 17.7. The van der Waals surface area contributed by atoms with E-state index < -0.39 is 0 Å². The zero-order chi connectivity index (χ0) is 12.5. The van der Waals surface area contributed by atoms with Gasteiger partial charge in [0.15, 0.2) is 0 Å². The molecule has 0 amide bonds. The van der Waals surface area contributed by atoms with Crippen molar-refractivity contribution in [1.82, 2.24) is 4.98 Å². The van der Waals surface area contributed by atoms with Crippen LogP contribution in [0.25, 0.3) is 5.70 Å². The van der Waals surface area contributed by atoms with E-state index in [1.807, 2.05) is 30.3 Å². The van der Waals surface area contributed by atoms with E-state index in [0.717, 1.165) is 22.1 Å². The monoisotopic (exact) mass is 256 g/mol. The molecule has 18 heavy (non-hydrogen) atoms. The van der Waals surface area contributed by atoms with E-state index in [1.165, 1.54) is 5.56 Å². The Labute approximate surface area is 111 Å². The quantitative estimate of drug-likeness (QED) is 0.823. The van der Waals surface area contributed by atoms with Crippen LogP contribution in [0.2, 0.25) is 5.02 Å². The van der Waals surface area contributed by atoms with Crippen molar-refractivity contribution in [2.45, 2.75) is 12.8 Å². The number of aromatic nitrogens is 1. The maximum Gasteiger partial charge on any atom is 0.134 e. The van der Waals surface area contributed by atoms with Gasteiger partial charge in [0.05, 0.1) is 0 Å². The first-order valence-electron chi connectivity index (χ1n) is 5.94. The summed E-state index contributed by atoms with van der Waals surface area (Å²) in [7, 11) is 0. The number of hydrogen-bond acceptors (Lipinski definition) is 2. The van der Waals surface area contributed by atoms with E-state index in [2.05, 4.69) is 29.4 Å². The Morgan fingerprint density at radius 1 is 1.22 bits per heavy atom. The Morgan fingerprint density at radius 3 is 2.94 bits per heavy atom. The van der Waals surface area contributed by atoms with Crippen molar-refractivity contribution in [3.8, 4) is 0 Å². The Hall–Kier alpha value is -1.80. The SMILES string of the molecule is CC1C=C(c2cccc(Cl)c2)Nc2ncccc21. The first-order valence-corrected chi connectivity index (χ1v) is 6.31. The van der Waals surface area contributed by atoms with E-state index in [4.69, 9.17) is 11.6 Å². The summed E-state index contributed by atoms with van der Waals surface area (Å²) in [5.41, 5.74) is 3.38. The number of halogens is 1. The highest BCUT2D eigenvalue weighted by molar-refractivity contribution is 6.30. The predicted octanol–water partition coefficient (Wildman–Crippen LogP) is 4.31. The van der Waals surface area contributed by atoms with Crippen LogP contribution in [-0.2, 0) is 0 Å². The van der Waals surface area contributed by atoms with Gasteiger partial charge in [0.25, 0.3) is 0 Å².